The molecule has 0 saturated carbocycles. The van der Waals surface area contributed by atoms with Crippen molar-refractivity contribution in [2.75, 3.05) is 26.8 Å². The van der Waals surface area contributed by atoms with E-state index >= 15 is 0 Å². The molecule has 0 bridgehead atoms. The van der Waals surface area contributed by atoms with Crippen LogP contribution >= 0.6 is 11.6 Å². The summed E-state index contributed by atoms with van der Waals surface area (Å²) < 4.78 is 11.3. The topological polar surface area (TPSA) is 38.8 Å². The first-order valence-corrected chi connectivity index (χ1v) is 6.59. The predicted octanol–water partition coefficient (Wildman–Crippen LogP) is 1.41. The molecule has 0 N–H and O–H groups in total. The van der Waals surface area contributed by atoms with Gasteiger partial charge in [0.15, 0.2) is 0 Å². The molecule has 2 saturated heterocycles. The Hall–Kier alpha value is -0.320. The number of carbonyl (C=O) groups excluding carboxylic acids is 1. The molecular formula is C12H20ClNO3. The number of rotatable bonds is 2. The molecule has 0 aromatic heterocycles. The van der Waals surface area contributed by atoms with E-state index in [4.69, 9.17) is 21.1 Å². The quantitative estimate of drug-likeness (QED) is 0.706. The zero-order valence-corrected chi connectivity index (χ0v) is 11.2. The number of nitrogens with zero attached hydrogens (tertiary/aromatic N) is 1. The zero-order valence-electron chi connectivity index (χ0n) is 10.4. The molecule has 0 aromatic carbocycles. The van der Waals surface area contributed by atoms with Crippen LogP contribution in [0.15, 0.2) is 0 Å². The second-order valence-electron chi connectivity index (χ2n) is 5.01. The van der Waals surface area contributed by atoms with Gasteiger partial charge in [-0.3, -0.25) is 4.79 Å². The molecule has 2 aliphatic heterocycles. The largest absolute Gasteiger partial charge is 0.381 e. The lowest BCUT2D eigenvalue weighted by Gasteiger charge is -2.37. The van der Waals surface area contributed by atoms with Gasteiger partial charge in [0.1, 0.15) is 5.38 Å². The molecule has 17 heavy (non-hydrogen) atoms. The Labute approximate surface area is 107 Å². The summed E-state index contributed by atoms with van der Waals surface area (Å²) in [5.41, 5.74) is -0.194. The minimum atomic E-state index is -0.452. The van der Waals surface area contributed by atoms with E-state index < -0.39 is 5.38 Å². The smallest absolute Gasteiger partial charge is 0.240 e. The summed E-state index contributed by atoms with van der Waals surface area (Å²) in [5.74, 6) is 0.00619. The van der Waals surface area contributed by atoms with Crippen molar-refractivity contribution in [1.82, 2.24) is 4.90 Å². The second kappa shape index (κ2) is 5.12. The third-order valence-corrected chi connectivity index (χ3v) is 3.94. The highest BCUT2D eigenvalue weighted by molar-refractivity contribution is 6.30. The van der Waals surface area contributed by atoms with Crippen LogP contribution in [0.3, 0.4) is 0 Å². The molecule has 5 heteroatoms. The highest BCUT2D eigenvalue weighted by Crippen LogP contribution is 2.35. The Bertz CT molecular complexity index is 297. The molecule has 0 radical (unpaired) electrons. The maximum atomic E-state index is 11.8. The first kappa shape index (κ1) is 13.1. The Kier molecular flexibility index (Phi) is 3.95. The van der Waals surface area contributed by atoms with Gasteiger partial charge in [0.25, 0.3) is 0 Å². The van der Waals surface area contributed by atoms with Gasteiger partial charge < -0.3 is 14.4 Å². The van der Waals surface area contributed by atoms with E-state index in [1.165, 1.54) is 0 Å². The van der Waals surface area contributed by atoms with Gasteiger partial charge in [-0.25, -0.2) is 0 Å². The summed E-state index contributed by atoms with van der Waals surface area (Å²) in [6.07, 6.45) is 2.97. The maximum absolute atomic E-state index is 11.8. The van der Waals surface area contributed by atoms with Crippen molar-refractivity contribution in [3.63, 3.8) is 0 Å². The molecule has 3 atom stereocenters. The van der Waals surface area contributed by atoms with Crippen LogP contribution in [0.1, 0.15) is 26.2 Å². The minimum Gasteiger partial charge on any atom is -0.381 e. The Morgan fingerprint density at radius 1 is 1.65 bits per heavy atom. The van der Waals surface area contributed by atoms with E-state index in [1.807, 2.05) is 4.90 Å². The highest BCUT2D eigenvalue weighted by atomic mass is 35.5. The summed E-state index contributed by atoms with van der Waals surface area (Å²) in [5, 5.41) is -0.452. The Balaban J connectivity index is 1.98. The van der Waals surface area contributed by atoms with Crippen LogP contribution in [-0.4, -0.2) is 54.7 Å². The van der Waals surface area contributed by atoms with Gasteiger partial charge in [0, 0.05) is 33.2 Å². The third kappa shape index (κ3) is 2.75. The minimum absolute atomic E-state index is 0.00619. The Morgan fingerprint density at radius 3 is 3.06 bits per heavy atom. The normalized spacial score (nSPS) is 35.2. The molecule has 3 unspecified atom stereocenters. The fourth-order valence-corrected chi connectivity index (χ4v) is 2.89. The van der Waals surface area contributed by atoms with Crippen molar-refractivity contribution in [2.24, 2.45) is 0 Å². The molecule has 2 rings (SSSR count). The van der Waals surface area contributed by atoms with Gasteiger partial charge in [-0.05, 0) is 19.8 Å². The highest BCUT2D eigenvalue weighted by Gasteiger charge is 2.45. The molecule has 1 amide bonds. The van der Waals surface area contributed by atoms with E-state index in [-0.39, 0.29) is 17.6 Å². The number of methoxy groups -OCH3 is 1. The molecule has 0 aromatic rings. The lowest BCUT2D eigenvalue weighted by Crippen LogP contribution is -2.46. The van der Waals surface area contributed by atoms with Crippen molar-refractivity contribution >= 4 is 17.5 Å². The van der Waals surface area contributed by atoms with Crippen molar-refractivity contribution in [1.29, 1.82) is 0 Å². The number of carbonyl (C=O) groups is 1. The van der Waals surface area contributed by atoms with Gasteiger partial charge in [0.05, 0.1) is 11.7 Å². The number of likely N-dealkylation sites (tertiary alicyclic amines) is 1. The first-order valence-electron chi connectivity index (χ1n) is 6.16. The maximum Gasteiger partial charge on any atom is 0.240 e. The monoisotopic (exact) mass is 261 g/mol. The Morgan fingerprint density at radius 2 is 2.41 bits per heavy atom. The standard InChI is InChI=1S/C12H20ClNO3/c1-9(13)11(15)14-5-4-12(8-14)7-10(16-2)3-6-17-12/h9-10H,3-8H2,1-2H3. The summed E-state index contributed by atoms with van der Waals surface area (Å²) in [6.45, 7) is 3.83. The van der Waals surface area contributed by atoms with E-state index in [1.54, 1.807) is 14.0 Å². The van der Waals surface area contributed by atoms with Crippen LogP contribution < -0.4 is 0 Å². The molecule has 2 heterocycles. The fraction of sp³-hybridized carbons (Fsp3) is 0.917. The van der Waals surface area contributed by atoms with Crippen LogP contribution in [0.4, 0.5) is 0 Å². The first-order chi connectivity index (χ1) is 8.06. The van der Waals surface area contributed by atoms with Gasteiger partial charge in [0.2, 0.25) is 5.91 Å². The van der Waals surface area contributed by atoms with Gasteiger partial charge in [-0.15, -0.1) is 11.6 Å². The lowest BCUT2D eigenvalue weighted by atomic mass is 9.91. The summed E-state index contributed by atoms with van der Waals surface area (Å²) in [6, 6.07) is 0. The average molecular weight is 262 g/mol. The van der Waals surface area contributed by atoms with Crippen molar-refractivity contribution in [2.45, 2.75) is 43.3 Å². The molecule has 4 nitrogen and oxygen atoms in total. The lowest BCUT2D eigenvalue weighted by molar-refractivity contribution is -0.136. The van der Waals surface area contributed by atoms with Crippen molar-refractivity contribution in [3.8, 4) is 0 Å². The van der Waals surface area contributed by atoms with Crippen LogP contribution in [-0.2, 0) is 14.3 Å². The molecule has 0 aliphatic carbocycles. The number of alkyl halides is 1. The summed E-state index contributed by atoms with van der Waals surface area (Å²) >= 11 is 5.83. The number of amides is 1. The van der Waals surface area contributed by atoms with Gasteiger partial charge in [-0.1, -0.05) is 0 Å². The van der Waals surface area contributed by atoms with Crippen molar-refractivity contribution in [3.05, 3.63) is 0 Å². The van der Waals surface area contributed by atoms with Gasteiger partial charge >= 0.3 is 0 Å². The number of hydrogen-bond acceptors (Lipinski definition) is 3. The molecular weight excluding hydrogens is 242 g/mol. The summed E-state index contributed by atoms with van der Waals surface area (Å²) in [4.78, 5) is 13.6. The predicted molar refractivity (Wildman–Crippen MR) is 65.2 cm³/mol. The fourth-order valence-electron chi connectivity index (χ4n) is 2.75. The van der Waals surface area contributed by atoms with Crippen molar-refractivity contribution < 1.29 is 14.3 Å². The van der Waals surface area contributed by atoms with E-state index in [0.29, 0.717) is 6.54 Å². The van der Waals surface area contributed by atoms with E-state index in [0.717, 1.165) is 32.4 Å². The van der Waals surface area contributed by atoms with Gasteiger partial charge in [-0.2, -0.15) is 0 Å². The second-order valence-corrected chi connectivity index (χ2v) is 5.66. The third-order valence-electron chi connectivity index (χ3n) is 3.75. The number of hydrogen-bond donors (Lipinski definition) is 0. The summed E-state index contributed by atoms with van der Waals surface area (Å²) in [7, 11) is 1.74. The van der Waals surface area contributed by atoms with Crippen LogP contribution in [0.2, 0.25) is 0 Å². The van der Waals surface area contributed by atoms with Crippen LogP contribution in [0, 0.1) is 0 Å². The van der Waals surface area contributed by atoms with E-state index in [2.05, 4.69) is 0 Å². The number of ether oxygens (including phenoxy) is 2. The molecule has 2 aliphatic rings. The molecule has 1 spiro atoms. The zero-order chi connectivity index (χ0) is 12.5. The number of halogens is 1. The van der Waals surface area contributed by atoms with E-state index in [9.17, 15) is 4.79 Å². The SMILES string of the molecule is COC1CCOC2(CCN(C(=O)C(C)Cl)C2)C1. The molecule has 98 valence electrons. The van der Waals surface area contributed by atoms with Crippen LogP contribution in [0.5, 0.6) is 0 Å². The average Bonchev–Trinajstić information content (AvgIpc) is 2.71. The molecule has 2 fully saturated rings. The van der Waals surface area contributed by atoms with Crippen LogP contribution in [0.25, 0.3) is 0 Å².